The lowest BCUT2D eigenvalue weighted by molar-refractivity contribution is -0.141. The molecule has 0 aromatic heterocycles. The lowest BCUT2D eigenvalue weighted by atomic mass is 10.1. The van der Waals surface area contributed by atoms with E-state index < -0.39 is 5.97 Å². The van der Waals surface area contributed by atoms with Crippen molar-refractivity contribution >= 4 is 5.97 Å². The lowest BCUT2D eigenvalue weighted by Gasteiger charge is -2.13. The molecule has 19 heavy (non-hydrogen) atoms. The summed E-state index contributed by atoms with van der Waals surface area (Å²) in [6, 6.07) is 5.55. The average Bonchev–Trinajstić information content (AvgIpc) is 2.42. The molecule has 1 atom stereocenters. The first-order valence-electron chi connectivity index (χ1n) is 6.26. The molecule has 1 aromatic rings. The van der Waals surface area contributed by atoms with E-state index >= 15 is 0 Å². The van der Waals surface area contributed by atoms with Crippen LogP contribution in [0.5, 0.6) is 11.5 Å². The number of carboxylic acids is 1. The maximum atomic E-state index is 10.9. The highest BCUT2D eigenvalue weighted by Gasteiger charge is 2.14. The van der Waals surface area contributed by atoms with Crippen molar-refractivity contribution in [3.63, 3.8) is 0 Å². The van der Waals surface area contributed by atoms with E-state index in [2.05, 4.69) is 5.32 Å². The second kappa shape index (κ2) is 7.63. The summed E-state index contributed by atoms with van der Waals surface area (Å²) in [6.45, 7) is 2.85. The Hall–Kier alpha value is -1.75. The van der Waals surface area contributed by atoms with Gasteiger partial charge in [-0.3, -0.25) is 4.79 Å². The molecule has 0 saturated heterocycles. The fraction of sp³-hybridized carbons (Fsp3) is 0.500. The van der Waals surface area contributed by atoms with Gasteiger partial charge >= 0.3 is 5.97 Å². The normalized spacial score (nSPS) is 11.9. The summed E-state index contributed by atoms with van der Waals surface area (Å²) in [6.07, 6.45) is 0.609. The van der Waals surface area contributed by atoms with Crippen molar-refractivity contribution in [3.8, 4) is 11.5 Å². The number of nitrogens with one attached hydrogen (secondary N) is 1. The maximum Gasteiger partial charge on any atom is 0.307 e. The molecule has 0 aliphatic carbocycles. The number of hydrogen-bond donors (Lipinski definition) is 2. The molecule has 106 valence electrons. The van der Waals surface area contributed by atoms with Gasteiger partial charge in [0.15, 0.2) is 0 Å². The van der Waals surface area contributed by atoms with Gasteiger partial charge in [-0.05, 0) is 24.6 Å². The van der Waals surface area contributed by atoms with Crippen LogP contribution >= 0.6 is 0 Å². The first-order chi connectivity index (χ1) is 9.12. The third-order valence-corrected chi connectivity index (χ3v) is 3.04. The quantitative estimate of drug-likeness (QED) is 0.753. The van der Waals surface area contributed by atoms with Crippen molar-refractivity contribution in [2.75, 3.05) is 20.8 Å². The molecule has 0 heterocycles. The Labute approximate surface area is 113 Å². The van der Waals surface area contributed by atoms with Crippen LogP contribution in [0.2, 0.25) is 0 Å². The van der Waals surface area contributed by atoms with E-state index in [0.717, 1.165) is 17.1 Å². The molecule has 2 N–H and O–H groups in total. The van der Waals surface area contributed by atoms with Crippen molar-refractivity contribution in [3.05, 3.63) is 23.8 Å². The van der Waals surface area contributed by atoms with Gasteiger partial charge in [0.1, 0.15) is 11.5 Å². The fourth-order valence-corrected chi connectivity index (χ4v) is 1.81. The molecule has 5 heteroatoms. The molecule has 1 aromatic carbocycles. The number of ether oxygens (including phenoxy) is 2. The zero-order chi connectivity index (χ0) is 14.3. The molecule has 0 aliphatic heterocycles. The van der Waals surface area contributed by atoms with Gasteiger partial charge in [-0.2, -0.15) is 0 Å². The third-order valence-electron chi connectivity index (χ3n) is 3.04. The summed E-state index contributed by atoms with van der Waals surface area (Å²) < 4.78 is 10.4. The van der Waals surface area contributed by atoms with Crippen LogP contribution in [0.4, 0.5) is 0 Å². The zero-order valence-corrected chi connectivity index (χ0v) is 11.6. The third kappa shape index (κ3) is 4.44. The van der Waals surface area contributed by atoms with Crippen molar-refractivity contribution in [1.29, 1.82) is 0 Å². The van der Waals surface area contributed by atoms with Crippen LogP contribution in [0.3, 0.4) is 0 Å². The number of methoxy groups -OCH3 is 2. The van der Waals surface area contributed by atoms with Crippen LogP contribution in [0, 0.1) is 5.92 Å². The van der Waals surface area contributed by atoms with Crippen LogP contribution in [-0.4, -0.2) is 31.8 Å². The van der Waals surface area contributed by atoms with Crippen LogP contribution < -0.4 is 14.8 Å². The second-order valence-electron chi connectivity index (χ2n) is 4.25. The molecule has 0 fully saturated rings. The van der Waals surface area contributed by atoms with Crippen molar-refractivity contribution in [2.45, 2.75) is 19.9 Å². The summed E-state index contributed by atoms with van der Waals surface area (Å²) >= 11 is 0. The molecule has 1 unspecified atom stereocenters. The number of benzene rings is 1. The van der Waals surface area contributed by atoms with Gasteiger partial charge < -0.3 is 19.9 Å². The van der Waals surface area contributed by atoms with E-state index in [1.165, 1.54) is 0 Å². The highest BCUT2D eigenvalue weighted by molar-refractivity contribution is 5.70. The molecular formula is C14H21NO4. The Kier molecular flexibility index (Phi) is 6.15. The Morgan fingerprint density at radius 3 is 2.63 bits per heavy atom. The number of carbonyl (C=O) groups is 1. The molecule has 0 saturated carbocycles. The molecule has 0 aliphatic rings. The smallest absolute Gasteiger partial charge is 0.307 e. The molecule has 0 bridgehead atoms. The summed E-state index contributed by atoms with van der Waals surface area (Å²) in [5.74, 6) is 0.378. The largest absolute Gasteiger partial charge is 0.497 e. The first kappa shape index (κ1) is 15.3. The van der Waals surface area contributed by atoms with Gasteiger partial charge in [0, 0.05) is 18.7 Å². The lowest BCUT2D eigenvalue weighted by Crippen LogP contribution is -2.27. The van der Waals surface area contributed by atoms with Crippen molar-refractivity contribution in [2.24, 2.45) is 5.92 Å². The minimum absolute atomic E-state index is 0.364. The summed E-state index contributed by atoms with van der Waals surface area (Å²) in [7, 11) is 3.22. The highest BCUT2D eigenvalue weighted by atomic mass is 16.5. The van der Waals surface area contributed by atoms with Crippen LogP contribution in [0.15, 0.2) is 18.2 Å². The topological polar surface area (TPSA) is 67.8 Å². The molecule has 0 amide bonds. The van der Waals surface area contributed by atoms with Gasteiger partial charge in [-0.15, -0.1) is 0 Å². The average molecular weight is 267 g/mol. The van der Waals surface area contributed by atoms with E-state index in [-0.39, 0.29) is 5.92 Å². The molecule has 5 nitrogen and oxygen atoms in total. The van der Waals surface area contributed by atoms with E-state index in [1.54, 1.807) is 14.2 Å². The molecule has 0 spiro atoms. The van der Waals surface area contributed by atoms with E-state index in [9.17, 15) is 4.79 Å². The zero-order valence-electron chi connectivity index (χ0n) is 11.6. The summed E-state index contributed by atoms with van der Waals surface area (Å²) in [5.41, 5.74) is 0.946. The minimum Gasteiger partial charge on any atom is -0.497 e. The predicted octanol–water partition coefficient (Wildman–Crippen LogP) is 1.90. The van der Waals surface area contributed by atoms with Gasteiger partial charge in [0.05, 0.1) is 20.1 Å². The molecule has 0 radical (unpaired) electrons. The fourth-order valence-electron chi connectivity index (χ4n) is 1.81. The molecule has 1 rings (SSSR count). The maximum absolute atomic E-state index is 10.9. The minimum atomic E-state index is -0.771. The van der Waals surface area contributed by atoms with Crippen LogP contribution in [0.25, 0.3) is 0 Å². The van der Waals surface area contributed by atoms with Gasteiger partial charge in [-0.1, -0.05) is 6.92 Å². The monoisotopic (exact) mass is 267 g/mol. The predicted molar refractivity (Wildman–Crippen MR) is 72.7 cm³/mol. The van der Waals surface area contributed by atoms with E-state index in [4.69, 9.17) is 14.6 Å². The van der Waals surface area contributed by atoms with Crippen LogP contribution in [0.1, 0.15) is 18.9 Å². The standard InChI is InChI=1S/C14H21NO4/c1-4-10(14(16)17)8-15-9-11-7-12(18-2)5-6-13(11)19-3/h5-7,10,15H,4,8-9H2,1-3H3,(H,16,17). The Morgan fingerprint density at radius 2 is 2.11 bits per heavy atom. The van der Waals surface area contributed by atoms with Crippen molar-refractivity contribution < 1.29 is 19.4 Å². The number of hydrogen-bond acceptors (Lipinski definition) is 4. The Morgan fingerprint density at radius 1 is 1.37 bits per heavy atom. The van der Waals surface area contributed by atoms with Crippen molar-refractivity contribution in [1.82, 2.24) is 5.32 Å². The Balaban J connectivity index is 2.63. The van der Waals surface area contributed by atoms with E-state index in [1.807, 2.05) is 25.1 Å². The van der Waals surface area contributed by atoms with Gasteiger partial charge in [0.2, 0.25) is 0 Å². The van der Waals surface area contributed by atoms with Gasteiger partial charge in [0.25, 0.3) is 0 Å². The molecular weight excluding hydrogens is 246 g/mol. The summed E-state index contributed by atoms with van der Waals surface area (Å²) in [4.78, 5) is 10.9. The first-order valence-corrected chi connectivity index (χ1v) is 6.26. The second-order valence-corrected chi connectivity index (χ2v) is 4.25. The number of aliphatic carboxylic acids is 1. The van der Waals surface area contributed by atoms with Crippen LogP contribution in [-0.2, 0) is 11.3 Å². The summed E-state index contributed by atoms with van der Waals surface area (Å²) in [5, 5.41) is 12.1. The number of carboxylic acid groups (broad SMARTS) is 1. The number of rotatable bonds is 8. The SMILES string of the molecule is CCC(CNCc1cc(OC)ccc1OC)C(=O)O. The van der Waals surface area contributed by atoms with E-state index in [0.29, 0.717) is 19.5 Å². The highest BCUT2D eigenvalue weighted by Crippen LogP contribution is 2.23. The van der Waals surface area contributed by atoms with Gasteiger partial charge in [-0.25, -0.2) is 0 Å². The Bertz CT molecular complexity index is 420.